The highest BCUT2D eigenvalue weighted by Gasteiger charge is 2.26. The molecule has 2 aromatic rings. The number of sulfone groups is 1. The molecule has 0 saturated heterocycles. The predicted octanol–water partition coefficient (Wildman–Crippen LogP) is 2.81. The van der Waals surface area contributed by atoms with Crippen molar-refractivity contribution in [2.75, 3.05) is 18.2 Å². The van der Waals surface area contributed by atoms with Gasteiger partial charge in [-0.25, -0.2) is 13.4 Å². The molecule has 0 radical (unpaired) electrons. The van der Waals surface area contributed by atoms with E-state index in [2.05, 4.69) is 16.9 Å². The maximum Gasteiger partial charge on any atom is 0.242 e. The maximum absolute atomic E-state index is 12.1. The largest absolute Gasteiger partial charge is 0.493 e. The molecular formula is C18H20N2O5S. The monoisotopic (exact) mass is 376 g/mol. The van der Waals surface area contributed by atoms with Crippen LogP contribution in [0.25, 0.3) is 0 Å². The van der Waals surface area contributed by atoms with Crippen LogP contribution in [0.1, 0.15) is 6.92 Å². The van der Waals surface area contributed by atoms with E-state index in [9.17, 15) is 13.2 Å². The van der Waals surface area contributed by atoms with E-state index in [0.29, 0.717) is 23.1 Å². The first kappa shape index (κ1) is 19.5. The number of carbonyl (C=O) groups is 1. The summed E-state index contributed by atoms with van der Waals surface area (Å²) in [5, 5.41) is 1.33. The van der Waals surface area contributed by atoms with Crippen molar-refractivity contribution in [3.05, 3.63) is 55.3 Å². The molecule has 0 aliphatic carbocycles. The highest BCUT2D eigenvalue weighted by atomic mass is 32.2. The van der Waals surface area contributed by atoms with Crippen molar-refractivity contribution in [3.63, 3.8) is 0 Å². The number of rotatable bonds is 8. The SMILES string of the molecule is C=CCS(=O)(=O)C(C)C(=O)Nc1ccc(Oc2ccccc2OC)nc1. The number of nitrogens with one attached hydrogen (secondary N) is 1. The molecule has 0 saturated carbocycles. The summed E-state index contributed by atoms with van der Waals surface area (Å²) in [6.07, 6.45) is 2.64. The van der Waals surface area contributed by atoms with E-state index in [4.69, 9.17) is 9.47 Å². The molecule has 1 N–H and O–H groups in total. The Morgan fingerprint density at radius 1 is 1.27 bits per heavy atom. The number of amides is 1. The van der Waals surface area contributed by atoms with E-state index in [1.807, 2.05) is 6.07 Å². The first-order chi connectivity index (χ1) is 12.4. The number of para-hydroxylation sites is 2. The first-order valence-corrected chi connectivity index (χ1v) is 9.49. The second-order valence-electron chi connectivity index (χ2n) is 5.39. The summed E-state index contributed by atoms with van der Waals surface area (Å²) in [6, 6.07) is 10.3. The van der Waals surface area contributed by atoms with Crippen LogP contribution in [0.3, 0.4) is 0 Å². The lowest BCUT2D eigenvalue weighted by Crippen LogP contribution is -2.33. The molecule has 1 amide bonds. The van der Waals surface area contributed by atoms with Crippen LogP contribution in [0.5, 0.6) is 17.4 Å². The van der Waals surface area contributed by atoms with Gasteiger partial charge in [0.25, 0.3) is 0 Å². The molecule has 0 aliphatic heterocycles. The molecule has 0 bridgehead atoms. The van der Waals surface area contributed by atoms with Gasteiger partial charge in [0.15, 0.2) is 21.3 Å². The minimum Gasteiger partial charge on any atom is -0.493 e. The molecule has 1 unspecified atom stereocenters. The Morgan fingerprint density at radius 2 is 1.96 bits per heavy atom. The molecule has 1 aromatic heterocycles. The van der Waals surface area contributed by atoms with E-state index in [0.717, 1.165) is 0 Å². The summed E-state index contributed by atoms with van der Waals surface area (Å²) in [6.45, 7) is 4.72. The molecule has 7 nitrogen and oxygen atoms in total. The van der Waals surface area contributed by atoms with Crippen LogP contribution in [-0.2, 0) is 14.6 Å². The Hall–Kier alpha value is -2.87. The van der Waals surface area contributed by atoms with Gasteiger partial charge < -0.3 is 14.8 Å². The van der Waals surface area contributed by atoms with Crippen LogP contribution in [0.15, 0.2) is 55.3 Å². The molecule has 1 aromatic carbocycles. The molecule has 26 heavy (non-hydrogen) atoms. The van der Waals surface area contributed by atoms with Gasteiger partial charge >= 0.3 is 0 Å². The van der Waals surface area contributed by atoms with Crippen LogP contribution in [-0.4, -0.2) is 37.4 Å². The third-order valence-electron chi connectivity index (χ3n) is 3.55. The molecule has 2 rings (SSSR count). The zero-order chi connectivity index (χ0) is 19.2. The molecule has 1 heterocycles. The van der Waals surface area contributed by atoms with Gasteiger partial charge in [0, 0.05) is 6.07 Å². The molecule has 1 atom stereocenters. The number of pyridine rings is 1. The molecule has 0 spiro atoms. The summed E-state index contributed by atoms with van der Waals surface area (Å²) in [5.41, 5.74) is 0.364. The first-order valence-electron chi connectivity index (χ1n) is 7.77. The van der Waals surface area contributed by atoms with E-state index in [-0.39, 0.29) is 5.75 Å². The van der Waals surface area contributed by atoms with Crippen LogP contribution in [0.4, 0.5) is 5.69 Å². The minimum absolute atomic E-state index is 0.258. The predicted molar refractivity (Wildman–Crippen MR) is 99.4 cm³/mol. The average molecular weight is 376 g/mol. The summed E-state index contributed by atoms with van der Waals surface area (Å²) in [7, 11) is -2.04. The zero-order valence-corrected chi connectivity index (χ0v) is 15.3. The van der Waals surface area contributed by atoms with Crippen molar-refractivity contribution in [1.82, 2.24) is 4.98 Å². The van der Waals surface area contributed by atoms with Crippen LogP contribution in [0, 0.1) is 0 Å². The third kappa shape index (κ3) is 4.82. The van der Waals surface area contributed by atoms with E-state index < -0.39 is 21.0 Å². The van der Waals surface area contributed by atoms with Crippen molar-refractivity contribution in [2.24, 2.45) is 0 Å². The van der Waals surface area contributed by atoms with Gasteiger partial charge in [-0.15, -0.1) is 6.58 Å². The summed E-state index contributed by atoms with van der Waals surface area (Å²) >= 11 is 0. The van der Waals surface area contributed by atoms with Crippen molar-refractivity contribution in [3.8, 4) is 17.4 Å². The quantitative estimate of drug-likeness (QED) is 0.712. The van der Waals surface area contributed by atoms with Gasteiger partial charge in [-0.1, -0.05) is 18.2 Å². The Morgan fingerprint density at radius 3 is 2.54 bits per heavy atom. The van der Waals surface area contributed by atoms with Gasteiger partial charge in [-0.2, -0.15) is 0 Å². The van der Waals surface area contributed by atoms with Crippen molar-refractivity contribution in [1.29, 1.82) is 0 Å². The number of benzene rings is 1. The fourth-order valence-corrected chi connectivity index (χ4v) is 3.05. The highest BCUT2D eigenvalue weighted by molar-refractivity contribution is 7.92. The number of hydrogen-bond acceptors (Lipinski definition) is 6. The average Bonchev–Trinajstić information content (AvgIpc) is 2.63. The Bertz CT molecular complexity index is 879. The fraction of sp³-hybridized carbons (Fsp3) is 0.222. The van der Waals surface area contributed by atoms with E-state index >= 15 is 0 Å². The van der Waals surface area contributed by atoms with Gasteiger partial charge in [0.2, 0.25) is 11.8 Å². The normalized spacial score (nSPS) is 12.1. The molecular weight excluding hydrogens is 356 g/mol. The number of methoxy groups -OCH3 is 1. The second-order valence-corrected chi connectivity index (χ2v) is 7.75. The molecule has 0 aliphatic rings. The third-order valence-corrected chi connectivity index (χ3v) is 5.54. The van der Waals surface area contributed by atoms with E-state index in [1.165, 1.54) is 26.3 Å². The van der Waals surface area contributed by atoms with Crippen molar-refractivity contribution < 1.29 is 22.7 Å². The second kappa shape index (κ2) is 8.48. The maximum atomic E-state index is 12.1. The van der Waals surface area contributed by atoms with Crippen LogP contribution >= 0.6 is 0 Å². The van der Waals surface area contributed by atoms with Crippen LogP contribution in [0.2, 0.25) is 0 Å². The van der Waals surface area contributed by atoms with E-state index in [1.54, 1.807) is 30.3 Å². The van der Waals surface area contributed by atoms with Crippen molar-refractivity contribution >= 4 is 21.4 Å². The lowest BCUT2D eigenvalue weighted by atomic mass is 10.3. The Balaban J connectivity index is 2.05. The summed E-state index contributed by atoms with van der Waals surface area (Å²) < 4.78 is 34.6. The standard InChI is InChI=1S/C18H20N2O5S/c1-4-11-26(22,23)13(2)18(21)20-14-9-10-17(19-12-14)25-16-8-6-5-7-15(16)24-3/h4-10,12-13H,1,11H2,2-3H3,(H,20,21). The lowest BCUT2D eigenvalue weighted by Gasteiger charge is -2.12. The number of hydrogen-bond donors (Lipinski definition) is 1. The number of nitrogens with zero attached hydrogens (tertiary/aromatic N) is 1. The number of aromatic nitrogens is 1. The van der Waals surface area contributed by atoms with Crippen molar-refractivity contribution in [2.45, 2.75) is 12.2 Å². The Labute approximate surface area is 152 Å². The smallest absolute Gasteiger partial charge is 0.242 e. The number of carbonyl (C=O) groups excluding carboxylic acids is 1. The lowest BCUT2D eigenvalue weighted by molar-refractivity contribution is -0.115. The van der Waals surface area contributed by atoms with Gasteiger partial charge in [0.05, 0.1) is 24.7 Å². The molecule has 0 fully saturated rings. The minimum atomic E-state index is -3.58. The number of anilines is 1. The topological polar surface area (TPSA) is 94.6 Å². The molecule has 138 valence electrons. The van der Waals surface area contributed by atoms with Gasteiger partial charge in [0.1, 0.15) is 5.25 Å². The highest BCUT2D eigenvalue weighted by Crippen LogP contribution is 2.30. The van der Waals surface area contributed by atoms with Crippen LogP contribution < -0.4 is 14.8 Å². The molecule has 8 heteroatoms. The fourth-order valence-electron chi connectivity index (χ4n) is 2.05. The Kier molecular flexibility index (Phi) is 6.35. The number of ether oxygens (including phenoxy) is 2. The van der Waals surface area contributed by atoms with Gasteiger partial charge in [-0.3, -0.25) is 4.79 Å². The zero-order valence-electron chi connectivity index (χ0n) is 14.5. The summed E-state index contributed by atoms with van der Waals surface area (Å²) in [5.74, 6) is 0.481. The van der Waals surface area contributed by atoms with Gasteiger partial charge in [-0.05, 0) is 25.1 Å². The summed E-state index contributed by atoms with van der Waals surface area (Å²) in [4.78, 5) is 16.2.